The summed E-state index contributed by atoms with van der Waals surface area (Å²) in [5.41, 5.74) is 0. The van der Waals surface area contributed by atoms with Gasteiger partial charge in [0.1, 0.15) is 55.4 Å². The summed E-state index contributed by atoms with van der Waals surface area (Å²) in [5, 5.41) is 72.3. The Bertz CT molecular complexity index is 1380. The topological polar surface area (TPSA) is 231 Å². The van der Waals surface area contributed by atoms with Crippen molar-refractivity contribution in [1.29, 1.82) is 0 Å². The smallest absolute Gasteiger partial charge is 0.306 e. The van der Waals surface area contributed by atoms with Gasteiger partial charge in [-0.15, -0.1) is 0 Å². The zero-order valence-electron chi connectivity index (χ0n) is 46.3. The zero-order valence-corrected chi connectivity index (χ0v) is 46.3. The van der Waals surface area contributed by atoms with Crippen LogP contribution < -0.4 is 0 Å². The van der Waals surface area contributed by atoms with Crippen molar-refractivity contribution in [3.8, 4) is 0 Å². The van der Waals surface area contributed by atoms with Crippen molar-refractivity contribution >= 4 is 11.9 Å². The molecule has 4 unspecified atom stereocenters. The second kappa shape index (κ2) is 45.9. The molecule has 2 aliphatic heterocycles. The average molecular weight is 1060 g/mol. The van der Waals surface area contributed by atoms with Crippen LogP contribution in [0.15, 0.2) is 24.3 Å². The van der Waals surface area contributed by atoms with Crippen molar-refractivity contribution in [2.75, 3.05) is 26.4 Å². The highest BCUT2D eigenvalue weighted by Gasteiger charge is 2.47. The lowest BCUT2D eigenvalue weighted by atomic mass is 9.98. The predicted molar refractivity (Wildman–Crippen MR) is 289 cm³/mol. The van der Waals surface area contributed by atoms with E-state index in [4.69, 9.17) is 28.4 Å². The number of ether oxygens (including phenoxy) is 6. The molecule has 2 rings (SSSR count). The molecule has 0 amide bonds. The third-order valence-electron chi connectivity index (χ3n) is 14.4. The minimum Gasteiger partial charge on any atom is -0.462 e. The number of hydrogen-bond donors (Lipinski definition) is 7. The Labute approximate surface area is 447 Å². The molecule has 7 N–H and O–H groups in total. The van der Waals surface area contributed by atoms with E-state index in [0.717, 1.165) is 38.5 Å². The number of carbonyl (C=O) groups is 2. The van der Waals surface area contributed by atoms with Crippen LogP contribution in [0.5, 0.6) is 0 Å². The molecule has 0 radical (unpaired) electrons. The van der Waals surface area contributed by atoms with Gasteiger partial charge in [0.2, 0.25) is 0 Å². The van der Waals surface area contributed by atoms with E-state index in [1.165, 1.54) is 167 Å². The summed E-state index contributed by atoms with van der Waals surface area (Å²) in [6.45, 7) is 2.62. The molecule has 74 heavy (non-hydrogen) atoms. The molecule has 11 atom stereocenters. The van der Waals surface area contributed by atoms with E-state index in [1.54, 1.807) is 0 Å². The van der Waals surface area contributed by atoms with Crippen LogP contribution in [0.1, 0.15) is 245 Å². The van der Waals surface area contributed by atoms with Crippen molar-refractivity contribution in [3.63, 3.8) is 0 Å². The molecule has 2 aliphatic rings. The Morgan fingerprint density at radius 2 is 0.770 bits per heavy atom. The van der Waals surface area contributed by atoms with Crippen molar-refractivity contribution in [1.82, 2.24) is 0 Å². The number of aliphatic hydroxyl groups is 7. The van der Waals surface area contributed by atoms with Gasteiger partial charge in [-0.1, -0.05) is 192 Å². The van der Waals surface area contributed by atoms with Crippen molar-refractivity contribution in [3.05, 3.63) is 24.3 Å². The molecule has 0 aromatic carbocycles. The number of allylic oxidation sites excluding steroid dienone is 4. The second-order valence-corrected chi connectivity index (χ2v) is 21.2. The van der Waals surface area contributed by atoms with Gasteiger partial charge in [0.05, 0.1) is 19.8 Å². The van der Waals surface area contributed by atoms with E-state index in [-0.39, 0.29) is 26.1 Å². The van der Waals surface area contributed by atoms with Gasteiger partial charge >= 0.3 is 11.9 Å². The van der Waals surface area contributed by atoms with Crippen molar-refractivity contribution in [2.24, 2.45) is 0 Å². The normalized spacial score (nSPS) is 24.8. The Morgan fingerprint density at radius 1 is 0.419 bits per heavy atom. The van der Waals surface area contributed by atoms with E-state index >= 15 is 0 Å². The summed E-state index contributed by atoms with van der Waals surface area (Å²) in [5.74, 6) is -0.917. The summed E-state index contributed by atoms with van der Waals surface area (Å²) in [6.07, 6.45) is 33.3. The largest absolute Gasteiger partial charge is 0.462 e. The van der Waals surface area contributed by atoms with Gasteiger partial charge in [-0.3, -0.25) is 9.59 Å². The van der Waals surface area contributed by atoms with Crippen LogP contribution in [-0.2, 0) is 38.0 Å². The van der Waals surface area contributed by atoms with Crippen LogP contribution in [-0.4, -0.2) is 142 Å². The molecular formula is C59H108O15. The molecule has 2 fully saturated rings. The fourth-order valence-electron chi connectivity index (χ4n) is 9.50. The molecule has 0 aromatic rings. The molecule has 0 bridgehead atoms. The summed E-state index contributed by atoms with van der Waals surface area (Å²) in [4.78, 5) is 25.9. The number of hydrogen-bond acceptors (Lipinski definition) is 15. The molecule has 0 aliphatic carbocycles. The molecule has 15 heteroatoms. The Hall–Kier alpha value is -2.02. The van der Waals surface area contributed by atoms with E-state index in [0.29, 0.717) is 12.8 Å². The number of unbranched alkanes of at least 4 members (excludes halogenated alkanes) is 30. The first-order valence-corrected chi connectivity index (χ1v) is 29.9. The first kappa shape index (κ1) is 68.1. The van der Waals surface area contributed by atoms with E-state index in [1.807, 2.05) is 0 Å². The zero-order chi connectivity index (χ0) is 53.9. The van der Waals surface area contributed by atoms with Gasteiger partial charge in [0.15, 0.2) is 18.7 Å². The number of rotatable bonds is 48. The third kappa shape index (κ3) is 32.7. The average Bonchev–Trinajstić information content (AvgIpc) is 3.39. The predicted octanol–water partition coefficient (Wildman–Crippen LogP) is 10.3. The molecule has 0 saturated carbocycles. The molecule has 0 spiro atoms. The second-order valence-electron chi connectivity index (χ2n) is 21.2. The number of carbonyl (C=O) groups excluding carboxylic acids is 2. The monoisotopic (exact) mass is 1060 g/mol. The van der Waals surface area contributed by atoms with Gasteiger partial charge in [0.25, 0.3) is 0 Å². The van der Waals surface area contributed by atoms with Crippen molar-refractivity contribution < 1.29 is 73.8 Å². The number of aliphatic hydroxyl groups excluding tert-OH is 7. The van der Waals surface area contributed by atoms with Gasteiger partial charge < -0.3 is 64.2 Å². The Morgan fingerprint density at radius 3 is 1.20 bits per heavy atom. The van der Waals surface area contributed by atoms with E-state index in [2.05, 4.69) is 38.2 Å². The van der Waals surface area contributed by atoms with Crippen LogP contribution in [0.2, 0.25) is 0 Å². The lowest BCUT2D eigenvalue weighted by Gasteiger charge is -2.42. The van der Waals surface area contributed by atoms with Gasteiger partial charge in [-0.25, -0.2) is 0 Å². The molecule has 2 heterocycles. The Kier molecular flexibility index (Phi) is 42.3. The highest BCUT2D eigenvalue weighted by molar-refractivity contribution is 5.70. The first-order valence-electron chi connectivity index (χ1n) is 29.9. The minimum atomic E-state index is -1.76. The molecule has 434 valence electrons. The fraction of sp³-hybridized carbons (Fsp3) is 0.898. The standard InChI is InChI=1S/C59H108O15/c1-3-5-7-9-11-13-15-17-19-21-22-23-24-26-28-30-32-34-36-38-40-42-51(62)72-47(44-69-50(61)41-39-37-35-33-31-29-27-25-20-18-16-14-12-10-8-6-4-2)45-70-58-57(68)55(66)53(64)49(74-58)46-71-59-56(67)54(65)52(63)48(43-60)73-59/h14,16-17,19,47-49,52-60,63-68H,3-13,15,18,20-46H2,1-2H3/b16-14+,19-17+/t47-,48+,49+,52-,53-,54?,55?,56?,57?,58+,59+/m1/s1. The summed E-state index contributed by atoms with van der Waals surface area (Å²) in [7, 11) is 0. The van der Waals surface area contributed by atoms with E-state index < -0.39 is 92.7 Å². The van der Waals surface area contributed by atoms with Crippen LogP contribution in [0, 0.1) is 0 Å². The minimum absolute atomic E-state index is 0.167. The molecule has 2 saturated heterocycles. The van der Waals surface area contributed by atoms with Crippen LogP contribution in [0.25, 0.3) is 0 Å². The molecule has 15 nitrogen and oxygen atoms in total. The Balaban J connectivity index is 1.74. The first-order chi connectivity index (χ1) is 36.0. The van der Waals surface area contributed by atoms with Crippen LogP contribution >= 0.6 is 0 Å². The number of esters is 2. The van der Waals surface area contributed by atoms with Crippen LogP contribution in [0.4, 0.5) is 0 Å². The highest BCUT2D eigenvalue weighted by Crippen LogP contribution is 2.27. The fourth-order valence-corrected chi connectivity index (χ4v) is 9.50. The van der Waals surface area contributed by atoms with Crippen molar-refractivity contribution in [2.45, 2.75) is 313 Å². The maximum atomic E-state index is 13.1. The van der Waals surface area contributed by atoms with Gasteiger partial charge in [-0.05, 0) is 64.2 Å². The lowest BCUT2D eigenvalue weighted by Crippen LogP contribution is -2.61. The van der Waals surface area contributed by atoms with Gasteiger partial charge in [0, 0.05) is 12.8 Å². The van der Waals surface area contributed by atoms with E-state index in [9.17, 15) is 45.3 Å². The molecule has 0 aromatic heterocycles. The summed E-state index contributed by atoms with van der Waals surface area (Å²) in [6, 6.07) is 0. The maximum Gasteiger partial charge on any atom is 0.306 e. The highest BCUT2D eigenvalue weighted by atomic mass is 16.7. The maximum absolute atomic E-state index is 13.1. The van der Waals surface area contributed by atoms with Gasteiger partial charge in [-0.2, -0.15) is 0 Å². The lowest BCUT2D eigenvalue weighted by molar-refractivity contribution is -0.332. The van der Waals surface area contributed by atoms with Crippen LogP contribution in [0.3, 0.4) is 0 Å². The SMILES string of the molecule is CCCCCC/C=C/CCCCCCCCCCCC(=O)OC[C@H](CO[C@H]1O[C@@H](CO[C@H]2O[C@@H](CO)[C@@H](O)C(O)C2O)[C@@H](O)C(O)C1O)OC(=O)CCCCCCCCCCCCC/C=C/CCCCCCCC. The summed E-state index contributed by atoms with van der Waals surface area (Å²) >= 11 is 0. The third-order valence-corrected chi connectivity index (χ3v) is 14.4. The molecular weight excluding hydrogens is 949 g/mol. The quantitative estimate of drug-likeness (QED) is 0.0171. The summed E-state index contributed by atoms with van der Waals surface area (Å²) < 4.78 is 33.7.